The minimum absolute atomic E-state index is 0.0782. The Labute approximate surface area is 87.3 Å². The van der Waals surface area contributed by atoms with Gasteiger partial charge in [-0.05, 0) is 24.6 Å². The molecule has 0 saturated heterocycles. The third kappa shape index (κ3) is 1.71. The molecular formula is C10H9NO3S. The lowest BCUT2D eigenvalue weighted by Crippen LogP contribution is -1.99. The molecule has 1 aromatic carbocycles. The van der Waals surface area contributed by atoms with Gasteiger partial charge in [-0.1, -0.05) is 6.07 Å². The summed E-state index contributed by atoms with van der Waals surface area (Å²) in [4.78, 5) is 3.84. The number of benzene rings is 1. The third-order valence-corrected chi connectivity index (χ3v) is 3.19. The van der Waals surface area contributed by atoms with Crippen LogP contribution >= 0.6 is 0 Å². The highest BCUT2D eigenvalue weighted by Crippen LogP contribution is 2.24. The Balaban J connectivity index is 2.96. The van der Waals surface area contributed by atoms with Crippen LogP contribution in [0.3, 0.4) is 0 Å². The lowest BCUT2D eigenvalue weighted by atomic mass is 10.1. The number of rotatable bonds is 1. The number of fused-ring (bicyclic) bond motifs is 1. The maximum Gasteiger partial charge on any atom is 0.295 e. The second-order valence-corrected chi connectivity index (χ2v) is 4.67. The molecule has 2 aromatic rings. The molecule has 0 aliphatic rings. The van der Waals surface area contributed by atoms with Gasteiger partial charge >= 0.3 is 0 Å². The van der Waals surface area contributed by atoms with Gasteiger partial charge in [0.05, 0.1) is 0 Å². The summed E-state index contributed by atoms with van der Waals surface area (Å²) in [6, 6.07) is 4.62. The number of aryl methyl sites for hydroxylation is 1. The molecule has 0 amide bonds. The van der Waals surface area contributed by atoms with E-state index >= 15 is 0 Å². The average molecular weight is 223 g/mol. The highest BCUT2D eigenvalue weighted by molar-refractivity contribution is 7.86. The SMILES string of the molecule is Cc1ccc(S(=O)(=O)O)c2ccncc12. The first-order valence-electron chi connectivity index (χ1n) is 4.31. The van der Waals surface area contributed by atoms with Gasteiger partial charge in [0.25, 0.3) is 10.1 Å². The summed E-state index contributed by atoms with van der Waals surface area (Å²) >= 11 is 0. The van der Waals surface area contributed by atoms with Crippen LogP contribution in [0, 0.1) is 6.92 Å². The Hall–Kier alpha value is -1.46. The predicted molar refractivity (Wildman–Crippen MR) is 56.3 cm³/mol. The van der Waals surface area contributed by atoms with Gasteiger partial charge in [0.15, 0.2) is 0 Å². The lowest BCUT2D eigenvalue weighted by Gasteiger charge is -2.05. The number of hydrogen-bond donors (Lipinski definition) is 1. The zero-order valence-electron chi connectivity index (χ0n) is 8.01. The Morgan fingerprint density at radius 1 is 1.20 bits per heavy atom. The van der Waals surface area contributed by atoms with Crippen molar-refractivity contribution < 1.29 is 13.0 Å². The van der Waals surface area contributed by atoms with E-state index in [0.717, 1.165) is 10.9 Å². The van der Waals surface area contributed by atoms with Gasteiger partial charge in [-0.15, -0.1) is 0 Å². The van der Waals surface area contributed by atoms with E-state index in [1.807, 2.05) is 6.92 Å². The fourth-order valence-electron chi connectivity index (χ4n) is 1.53. The second-order valence-electron chi connectivity index (χ2n) is 3.28. The average Bonchev–Trinajstić information content (AvgIpc) is 2.17. The zero-order valence-corrected chi connectivity index (χ0v) is 8.82. The fraction of sp³-hybridized carbons (Fsp3) is 0.100. The molecule has 0 aliphatic heterocycles. The van der Waals surface area contributed by atoms with Gasteiger partial charge < -0.3 is 0 Å². The number of nitrogens with zero attached hydrogens (tertiary/aromatic N) is 1. The second kappa shape index (κ2) is 3.29. The summed E-state index contributed by atoms with van der Waals surface area (Å²) in [7, 11) is -4.17. The van der Waals surface area contributed by atoms with Crippen molar-refractivity contribution in [2.75, 3.05) is 0 Å². The molecule has 78 valence electrons. The Bertz CT molecular complexity index is 620. The van der Waals surface area contributed by atoms with Gasteiger partial charge in [0.2, 0.25) is 0 Å². The maximum absolute atomic E-state index is 11.1. The van der Waals surface area contributed by atoms with Gasteiger partial charge in [0.1, 0.15) is 4.90 Å². The molecule has 0 fully saturated rings. The van der Waals surface area contributed by atoms with Crippen molar-refractivity contribution in [2.45, 2.75) is 11.8 Å². The molecule has 0 unspecified atom stereocenters. The Morgan fingerprint density at radius 2 is 1.93 bits per heavy atom. The van der Waals surface area contributed by atoms with E-state index in [1.54, 1.807) is 18.3 Å². The third-order valence-electron chi connectivity index (χ3n) is 2.27. The van der Waals surface area contributed by atoms with Crippen LogP contribution in [0.4, 0.5) is 0 Å². The first-order chi connectivity index (χ1) is 7.00. The molecule has 1 heterocycles. The summed E-state index contributed by atoms with van der Waals surface area (Å²) in [5.41, 5.74) is 0.922. The molecule has 4 nitrogen and oxygen atoms in total. The molecule has 0 spiro atoms. The van der Waals surface area contributed by atoms with Gasteiger partial charge in [-0.3, -0.25) is 9.54 Å². The molecule has 0 radical (unpaired) electrons. The number of aromatic nitrogens is 1. The summed E-state index contributed by atoms with van der Waals surface area (Å²) in [5, 5.41) is 1.22. The van der Waals surface area contributed by atoms with E-state index in [2.05, 4.69) is 4.98 Å². The molecule has 2 rings (SSSR count). The summed E-state index contributed by atoms with van der Waals surface area (Å²) in [6.07, 6.45) is 3.08. The van der Waals surface area contributed by atoms with E-state index in [1.165, 1.54) is 12.3 Å². The van der Waals surface area contributed by atoms with E-state index in [-0.39, 0.29) is 4.90 Å². The van der Waals surface area contributed by atoms with Gasteiger partial charge in [-0.2, -0.15) is 8.42 Å². The number of pyridine rings is 1. The minimum Gasteiger partial charge on any atom is -0.282 e. The molecule has 0 bridgehead atoms. The normalized spacial score (nSPS) is 11.9. The molecular weight excluding hydrogens is 214 g/mol. The quantitative estimate of drug-likeness (QED) is 0.748. The van der Waals surface area contributed by atoms with Crippen molar-refractivity contribution in [1.82, 2.24) is 4.98 Å². The maximum atomic E-state index is 11.1. The molecule has 0 saturated carbocycles. The Kier molecular flexibility index (Phi) is 2.21. The largest absolute Gasteiger partial charge is 0.295 e. The minimum atomic E-state index is -4.17. The summed E-state index contributed by atoms with van der Waals surface area (Å²) in [6.45, 7) is 1.86. The van der Waals surface area contributed by atoms with Crippen LogP contribution in [-0.4, -0.2) is 18.0 Å². The molecule has 1 N–H and O–H groups in total. The van der Waals surface area contributed by atoms with Crippen molar-refractivity contribution in [3.05, 3.63) is 36.2 Å². The summed E-state index contributed by atoms with van der Waals surface area (Å²) in [5.74, 6) is 0. The Morgan fingerprint density at radius 3 is 2.60 bits per heavy atom. The zero-order chi connectivity index (χ0) is 11.1. The van der Waals surface area contributed by atoms with Crippen molar-refractivity contribution in [2.24, 2.45) is 0 Å². The molecule has 15 heavy (non-hydrogen) atoms. The topological polar surface area (TPSA) is 67.3 Å². The van der Waals surface area contributed by atoms with Crippen LogP contribution < -0.4 is 0 Å². The van der Waals surface area contributed by atoms with Crippen molar-refractivity contribution in [3.8, 4) is 0 Å². The summed E-state index contributed by atoms with van der Waals surface area (Å²) < 4.78 is 31.2. The van der Waals surface area contributed by atoms with Crippen LogP contribution in [0.2, 0.25) is 0 Å². The van der Waals surface area contributed by atoms with Crippen LogP contribution in [0.1, 0.15) is 5.56 Å². The fourth-order valence-corrected chi connectivity index (χ4v) is 2.22. The van der Waals surface area contributed by atoms with Crippen LogP contribution in [0.25, 0.3) is 10.8 Å². The van der Waals surface area contributed by atoms with Crippen LogP contribution in [0.15, 0.2) is 35.5 Å². The van der Waals surface area contributed by atoms with E-state index in [0.29, 0.717) is 5.39 Å². The van der Waals surface area contributed by atoms with E-state index < -0.39 is 10.1 Å². The van der Waals surface area contributed by atoms with Crippen LogP contribution in [-0.2, 0) is 10.1 Å². The van der Waals surface area contributed by atoms with Gasteiger partial charge in [0, 0.05) is 23.2 Å². The molecule has 1 aromatic heterocycles. The van der Waals surface area contributed by atoms with E-state index in [9.17, 15) is 8.42 Å². The standard InChI is InChI=1S/C10H9NO3S/c1-7-2-3-10(15(12,13)14)8-4-5-11-6-9(7)8/h2-6H,1H3,(H,12,13,14). The number of hydrogen-bond acceptors (Lipinski definition) is 3. The van der Waals surface area contributed by atoms with Gasteiger partial charge in [-0.25, -0.2) is 0 Å². The van der Waals surface area contributed by atoms with Crippen molar-refractivity contribution >= 4 is 20.9 Å². The monoisotopic (exact) mass is 223 g/mol. The van der Waals surface area contributed by atoms with E-state index in [4.69, 9.17) is 4.55 Å². The first-order valence-corrected chi connectivity index (χ1v) is 5.75. The highest BCUT2D eigenvalue weighted by atomic mass is 32.2. The molecule has 0 aliphatic carbocycles. The first kappa shape index (κ1) is 10.1. The molecule has 5 heteroatoms. The highest BCUT2D eigenvalue weighted by Gasteiger charge is 2.14. The van der Waals surface area contributed by atoms with Crippen LogP contribution in [0.5, 0.6) is 0 Å². The lowest BCUT2D eigenvalue weighted by molar-refractivity contribution is 0.484. The predicted octanol–water partition coefficient (Wildman–Crippen LogP) is 1.79. The van der Waals surface area contributed by atoms with Crippen molar-refractivity contribution in [3.63, 3.8) is 0 Å². The van der Waals surface area contributed by atoms with Crippen molar-refractivity contribution in [1.29, 1.82) is 0 Å². The smallest absolute Gasteiger partial charge is 0.282 e. The molecule has 0 atom stereocenters.